The number of aryl methyl sites for hydroxylation is 1. The van der Waals surface area contributed by atoms with E-state index in [-0.39, 0.29) is 11.7 Å². The number of aromatic amines is 1. The normalized spacial score (nSPS) is 19.2. The number of carbonyl (C=O) groups excluding carboxylic acids is 1. The summed E-state index contributed by atoms with van der Waals surface area (Å²) in [5.74, 6) is -0.130. The first kappa shape index (κ1) is 17.1. The quantitative estimate of drug-likeness (QED) is 0.873. The van der Waals surface area contributed by atoms with Gasteiger partial charge >= 0.3 is 6.18 Å². The van der Waals surface area contributed by atoms with Crippen LogP contribution >= 0.6 is 0 Å². The van der Waals surface area contributed by atoms with Gasteiger partial charge in [-0.2, -0.15) is 13.2 Å². The van der Waals surface area contributed by atoms with Gasteiger partial charge in [-0.15, -0.1) is 0 Å². The lowest BCUT2D eigenvalue weighted by Crippen LogP contribution is -2.37. The van der Waals surface area contributed by atoms with Crippen molar-refractivity contribution in [2.24, 2.45) is 0 Å². The van der Waals surface area contributed by atoms with E-state index >= 15 is 0 Å². The number of halogens is 3. The molecule has 8 heteroatoms. The molecule has 0 spiro atoms. The number of rotatable bonds is 2. The minimum Gasteiger partial charge on any atom is -0.488 e. The lowest BCUT2D eigenvalue weighted by molar-refractivity contribution is -0.141. The lowest BCUT2D eigenvalue weighted by Gasteiger charge is -2.17. The summed E-state index contributed by atoms with van der Waals surface area (Å²) in [4.78, 5) is 25.9. The fourth-order valence-electron chi connectivity index (χ4n) is 2.77. The molecular weight excluding hydrogens is 337 g/mol. The monoisotopic (exact) mass is 352 g/mol. The summed E-state index contributed by atoms with van der Waals surface area (Å²) in [5, 5.41) is 2.66. The number of carbonyl (C=O) groups is 1. The van der Waals surface area contributed by atoms with Gasteiger partial charge in [0.2, 0.25) is 0 Å². The number of pyridine rings is 1. The third-order valence-corrected chi connectivity index (χ3v) is 4.03. The number of benzene rings is 1. The maximum atomic E-state index is 12.6. The van der Waals surface area contributed by atoms with Crippen molar-refractivity contribution < 1.29 is 22.7 Å². The second-order valence-corrected chi connectivity index (χ2v) is 5.93. The summed E-state index contributed by atoms with van der Waals surface area (Å²) in [6.45, 7) is 3.65. The Morgan fingerprint density at radius 3 is 2.60 bits per heavy atom. The zero-order valence-electron chi connectivity index (χ0n) is 13.4. The fraction of sp³-hybridized carbons (Fsp3) is 0.294. The van der Waals surface area contributed by atoms with E-state index in [0.29, 0.717) is 11.8 Å². The van der Waals surface area contributed by atoms with E-state index in [1.54, 1.807) is 18.0 Å². The van der Waals surface area contributed by atoms with Crippen molar-refractivity contribution in [2.45, 2.75) is 32.2 Å². The van der Waals surface area contributed by atoms with E-state index in [1.807, 2.05) is 19.1 Å². The molecule has 1 aromatic carbocycles. The average Bonchev–Trinajstić information content (AvgIpc) is 2.82. The van der Waals surface area contributed by atoms with Crippen molar-refractivity contribution in [3.8, 4) is 5.75 Å². The number of H-pyrrole nitrogens is 1. The molecule has 25 heavy (non-hydrogen) atoms. The van der Waals surface area contributed by atoms with E-state index in [1.165, 1.54) is 0 Å². The van der Waals surface area contributed by atoms with Crippen LogP contribution in [-0.4, -0.2) is 17.0 Å². The van der Waals surface area contributed by atoms with E-state index in [9.17, 15) is 22.8 Å². The minimum absolute atomic E-state index is 0.366. The van der Waals surface area contributed by atoms with Crippen molar-refractivity contribution in [3.63, 3.8) is 0 Å². The van der Waals surface area contributed by atoms with Gasteiger partial charge in [-0.05, 0) is 32.0 Å². The van der Waals surface area contributed by atoms with Gasteiger partial charge in [-0.3, -0.25) is 9.59 Å². The highest BCUT2D eigenvalue weighted by atomic mass is 19.4. The molecule has 0 radical (unpaired) electrons. The van der Waals surface area contributed by atoms with Crippen molar-refractivity contribution in [2.75, 3.05) is 0 Å². The molecule has 3 rings (SSSR count). The fourth-order valence-corrected chi connectivity index (χ4v) is 2.77. The molecule has 0 aliphatic carbocycles. The standard InChI is InChI=1S/C17H15F3N2O3/c1-8-3-5-12-11(7-8)14(9(2)25-12)22-16(24)10-4-6-13(17(18,19)20)21-15(10)23/h3-7,9,14H,1-2H3,(H,21,23)(H,22,24). The molecule has 2 N–H and O–H groups in total. The second kappa shape index (κ2) is 5.94. The SMILES string of the molecule is Cc1ccc2c(c1)C(NC(=O)c1ccc(C(F)(F)F)[nH]c1=O)C(C)O2. The summed E-state index contributed by atoms with van der Waals surface area (Å²) in [6.07, 6.45) is -5.05. The van der Waals surface area contributed by atoms with Gasteiger partial charge in [0, 0.05) is 5.56 Å². The molecule has 2 heterocycles. The van der Waals surface area contributed by atoms with Crippen molar-refractivity contribution in [1.29, 1.82) is 0 Å². The Kier molecular flexibility index (Phi) is 4.06. The number of nitrogens with one attached hydrogen (secondary N) is 2. The molecule has 132 valence electrons. The first-order valence-electron chi connectivity index (χ1n) is 7.55. The van der Waals surface area contributed by atoms with Crippen LogP contribution in [0.15, 0.2) is 35.1 Å². The van der Waals surface area contributed by atoms with Crippen molar-refractivity contribution in [1.82, 2.24) is 10.3 Å². The zero-order valence-corrected chi connectivity index (χ0v) is 13.4. The number of ether oxygens (including phenoxy) is 1. The summed E-state index contributed by atoms with van der Waals surface area (Å²) < 4.78 is 43.4. The molecule has 1 amide bonds. The van der Waals surface area contributed by atoms with E-state index in [2.05, 4.69) is 5.32 Å². The van der Waals surface area contributed by atoms with Gasteiger partial charge in [0.05, 0.1) is 6.04 Å². The molecule has 2 atom stereocenters. The Balaban J connectivity index is 1.87. The summed E-state index contributed by atoms with van der Waals surface area (Å²) in [5.41, 5.74) is -0.940. The first-order valence-corrected chi connectivity index (χ1v) is 7.55. The maximum absolute atomic E-state index is 12.6. The van der Waals surface area contributed by atoms with Crippen LogP contribution in [0.1, 0.15) is 40.1 Å². The molecule has 2 unspecified atom stereocenters. The number of hydrogen-bond donors (Lipinski definition) is 2. The van der Waals surface area contributed by atoms with Crippen molar-refractivity contribution in [3.05, 3.63) is 63.1 Å². The minimum atomic E-state index is -4.68. The highest BCUT2D eigenvalue weighted by Crippen LogP contribution is 2.37. The van der Waals surface area contributed by atoms with Gasteiger partial charge < -0.3 is 15.0 Å². The predicted octanol–water partition coefficient (Wildman–Crippen LogP) is 2.95. The van der Waals surface area contributed by atoms with Crippen molar-refractivity contribution >= 4 is 5.91 Å². The Labute approximate surface area is 140 Å². The number of alkyl halides is 3. The van der Waals surface area contributed by atoms with Crippen LogP contribution in [0.25, 0.3) is 0 Å². The molecule has 1 aromatic heterocycles. The molecule has 1 aliphatic heterocycles. The molecule has 0 saturated heterocycles. The van der Waals surface area contributed by atoms with Gasteiger partial charge in [0.1, 0.15) is 23.1 Å². The van der Waals surface area contributed by atoms with Gasteiger partial charge in [-0.25, -0.2) is 0 Å². The molecule has 2 aromatic rings. The summed E-state index contributed by atoms with van der Waals surface area (Å²) in [6, 6.07) is 6.57. The number of fused-ring (bicyclic) bond motifs is 1. The zero-order chi connectivity index (χ0) is 18.4. The second-order valence-electron chi connectivity index (χ2n) is 5.93. The topological polar surface area (TPSA) is 71.2 Å². The molecule has 0 saturated carbocycles. The lowest BCUT2D eigenvalue weighted by atomic mass is 10.0. The van der Waals surface area contributed by atoms with Crippen LogP contribution in [0, 0.1) is 6.92 Å². The Morgan fingerprint density at radius 1 is 1.24 bits per heavy atom. The Hall–Kier alpha value is -2.77. The number of amides is 1. The Bertz CT molecular complexity index is 889. The van der Waals surface area contributed by atoms with Gasteiger partial charge in [0.15, 0.2) is 0 Å². The summed E-state index contributed by atoms with van der Waals surface area (Å²) >= 11 is 0. The highest BCUT2D eigenvalue weighted by Gasteiger charge is 2.34. The van der Waals surface area contributed by atoms with Crippen LogP contribution in [0.2, 0.25) is 0 Å². The van der Waals surface area contributed by atoms with E-state index in [0.717, 1.165) is 17.2 Å². The largest absolute Gasteiger partial charge is 0.488 e. The first-order chi connectivity index (χ1) is 11.7. The molecule has 1 aliphatic rings. The highest BCUT2D eigenvalue weighted by molar-refractivity contribution is 5.94. The van der Waals surface area contributed by atoms with Crippen LogP contribution in [0.3, 0.4) is 0 Å². The van der Waals surface area contributed by atoms with Gasteiger partial charge in [-0.1, -0.05) is 17.7 Å². The molecular formula is C17H15F3N2O3. The smallest absolute Gasteiger partial charge is 0.431 e. The third-order valence-electron chi connectivity index (χ3n) is 4.03. The van der Waals surface area contributed by atoms with E-state index < -0.39 is 29.4 Å². The number of aromatic nitrogens is 1. The van der Waals surface area contributed by atoms with Crippen LogP contribution < -0.4 is 15.6 Å². The van der Waals surface area contributed by atoms with Crippen LogP contribution in [0.5, 0.6) is 5.75 Å². The Morgan fingerprint density at radius 2 is 1.96 bits per heavy atom. The number of hydrogen-bond acceptors (Lipinski definition) is 3. The molecule has 5 nitrogen and oxygen atoms in total. The molecule has 0 fully saturated rings. The average molecular weight is 352 g/mol. The van der Waals surface area contributed by atoms with Crippen LogP contribution in [0.4, 0.5) is 13.2 Å². The maximum Gasteiger partial charge on any atom is 0.431 e. The van der Waals surface area contributed by atoms with E-state index in [4.69, 9.17) is 4.74 Å². The van der Waals surface area contributed by atoms with Gasteiger partial charge in [0.25, 0.3) is 11.5 Å². The van der Waals surface area contributed by atoms with Crippen LogP contribution in [-0.2, 0) is 6.18 Å². The predicted molar refractivity (Wildman–Crippen MR) is 83.5 cm³/mol. The third kappa shape index (κ3) is 3.24. The molecule has 0 bridgehead atoms. The summed E-state index contributed by atoms with van der Waals surface area (Å²) in [7, 11) is 0.